The van der Waals surface area contributed by atoms with E-state index in [-0.39, 0.29) is 5.97 Å². The van der Waals surface area contributed by atoms with Gasteiger partial charge >= 0.3 is 5.97 Å². The lowest BCUT2D eigenvalue weighted by atomic mass is 9.89. The number of fused-ring (bicyclic) bond motifs is 5. The molecule has 3 aliphatic rings. The van der Waals surface area contributed by atoms with Crippen molar-refractivity contribution in [3.05, 3.63) is 0 Å². The largest absolute Gasteiger partial charge is 0.466 e. The minimum Gasteiger partial charge on any atom is -0.466 e. The molecule has 72 valence electrons. The molecule has 5 atom stereocenters. The van der Waals surface area contributed by atoms with Crippen molar-refractivity contribution in [1.82, 2.24) is 0 Å². The third-order valence-electron chi connectivity index (χ3n) is 3.73. The molecule has 13 heavy (non-hydrogen) atoms. The fourth-order valence-corrected chi connectivity index (χ4v) is 3.15. The molecule has 2 aliphatic carbocycles. The van der Waals surface area contributed by atoms with E-state index in [1.165, 1.54) is 19.8 Å². The smallest absolute Gasteiger partial charge is 0.302 e. The molecule has 0 N–H and O–H groups in total. The average Bonchev–Trinajstić information content (AvgIpc) is 2.70. The summed E-state index contributed by atoms with van der Waals surface area (Å²) in [5.41, 5.74) is 0. The number of epoxide rings is 1. The van der Waals surface area contributed by atoms with Crippen LogP contribution in [0.4, 0.5) is 0 Å². The zero-order valence-electron chi connectivity index (χ0n) is 7.73. The van der Waals surface area contributed by atoms with E-state index in [2.05, 4.69) is 0 Å². The van der Waals surface area contributed by atoms with Crippen molar-refractivity contribution in [3.8, 4) is 0 Å². The molecule has 3 nitrogen and oxygen atoms in total. The Morgan fingerprint density at radius 1 is 1.46 bits per heavy atom. The van der Waals surface area contributed by atoms with Crippen molar-refractivity contribution in [2.45, 2.75) is 32.0 Å². The fourth-order valence-electron chi connectivity index (χ4n) is 3.15. The standard InChI is InChI=1S/C10H14O3/c1-5(11)12-4-7-2-6-3-8(7)10-9(6)13-10/h6-10H,2-4H2,1H3. The summed E-state index contributed by atoms with van der Waals surface area (Å²) in [4.78, 5) is 10.6. The van der Waals surface area contributed by atoms with Gasteiger partial charge < -0.3 is 9.47 Å². The van der Waals surface area contributed by atoms with E-state index >= 15 is 0 Å². The van der Waals surface area contributed by atoms with Gasteiger partial charge in [0, 0.05) is 6.92 Å². The Morgan fingerprint density at radius 3 is 2.92 bits per heavy atom. The number of rotatable bonds is 2. The van der Waals surface area contributed by atoms with Gasteiger partial charge in [-0.05, 0) is 30.6 Å². The molecule has 0 spiro atoms. The predicted octanol–water partition coefficient (Wildman–Crippen LogP) is 0.973. The quantitative estimate of drug-likeness (QED) is 0.472. The molecule has 3 fully saturated rings. The van der Waals surface area contributed by atoms with Crippen molar-refractivity contribution in [1.29, 1.82) is 0 Å². The van der Waals surface area contributed by atoms with E-state index in [1.807, 2.05) is 0 Å². The van der Waals surface area contributed by atoms with E-state index in [0.29, 0.717) is 30.7 Å². The summed E-state index contributed by atoms with van der Waals surface area (Å²) in [7, 11) is 0. The summed E-state index contributed by atoms with van der Waals surface area (Å²) in [6, 6.07) is 0. The molecule has 3 rings (SSSR count). The molecule has 0 amide bonds. The molecule has 1 heterocycles. The van der Waals surface area contributed by atoms with Crippen LogP contribution in [0.15, 0.2) is 0 Å². The lowest BCUT2D eigenvalue weighted by molar-refractivity contribution is -0.142. The van der Waals surface area contributed by atoms with E-state index in [1.54, 1.807) is 0 Å². The van der Waals surface area contributed by atoms with Gasteiger partial charge in [-0.1, -0.05) is 0 Å². The second kappa shape index (κ2) is 2.47. The molecule has 0 aromatic heterocycles. The Balaban J connectivity index is 1.59. The third kappa shape index (κ3) is 1.10. The highest BCUT2D eigenvalue weighted by molar-refractivity contribution is 5.65. The van der Waals surface area contributed by atoms with Gasteiger partial charge in [-0.2, -0.15) is 0 Å². The summed E-state index contributed by atoms with van der Waals surface area (Å²) >= 11 is 0. The maximum atomic E-state index is 10.6. The number of hydrogen-bond acceptors (Lipinski definition) is 3. The molecule has 1 saturated heterocycles. The number of esters is 1. The first-order valence-electron chi connectivity index (χ1n) is 5.04. The van der Waals surface area contributed by atoms with E-state index in [9.17, 15) is 4.79 Å². The van der Waals surface area contributed by atoms with Gasteiger partial charge in [0.2, 0.25) is 0 Å². The van der Waals surface area contributed by atoms with Crippen LogP contribution in [0.1, 0.15) is 19.8 Å². The van der Waals surface area contributed by atoms with Gasteiger partial charge in [0.15, 0.2) is 0 Å². The molecule has 0 aromatic carbocycles. The van der Waals surface area contributed by atoms with Crippen LogP contribution < -0.4 is 0 Å². The molecule has 2 saturated carbocycles. The second-order valence-corrected chi connectivity index (χ2v) is 4.52. The van der Waals surface area contributed by atoms with E-state index in [0.717, 1.165) is 5.92 Å². The van der Waals surface area contributed by atoms with Gasteiger partial charge in [-0.15, -0.1) is 0 Å². The SMILES string of the molecule is CC(=O)OCC1CC2CC1C1OC21. The van der Waals surface area contributed by atoms with Crippen molar-refractivity contribution >= 4 is 5.97 Å². The van der Waals surface area contributed by atoms with Crippen molar-refractivity contribution in [2.24, 2.45) is 17.8 Å². The van der Waals surface area contributed by atoms with E-state index < -0.39 is 0 Å². The van der Waals surface area contributed by atoms with Crippen LogP contribution in [-0.4, -0.2) is 24.8 Å². The average molecular weight is 182 g/mol. The van der Waals surface area contributed by atoms with Crippen molar-refractivity contribution < 1.29 is 14.3 Å². The Morgan fingerprint density at radius 2 is 2.31 bits per heavy atom. The molecule has 0 aromatic rings. The first kappa shape index (κ1) is 7.80. The molecule has 1 aliphatic heterocycles. The molecule has 0 radical (unpaired) electrons. The maximum Gasteiger partial charge on any atom is 0.302 e. The number of carbonyl (C=O) groups excluding carboxylic acids is 1. The monoisotopic (exact) mass is 182 g/mol. The van der Waals surface area contributed by atoms with Gasteiger partial charge in [0.1, 0.15) is 0 Å². The lowest BCUT2D eigenvalue weighted by Gasteiger charge is -2.18. The highest BCUT2D eigenvalue weighted by Gasteiger charge is 2.63. The second-order valence-electron chi connectivity index (χ2n) is 4.52. The predicted molar refractivity (Wildman–Crippen MR) is 45.0 cm³/mol. The number of hydrogen-bond donors (Lipinski definition) is 0. The minimum atomic E-state index is -0.156. The van der Waals surface area contributed by atoms with Crippen LogP contribution in [0, 0.1) is 17.8 Å². The fraction of sp³-hybridized carbons (Fsp3) is 0.900. The summed E-state index contributed by atoms with van der Waals surface area (Å²) in [6.45, 7) is 2.09. The van der Waals surface area contributed by atoms with Crippen LogP contribution in [0.5, 0.6) is 0 Å². The van der Waals surface area contributed by atoms with Gasteiger partial charge in [-0.25, -0.2) is 0 Å². The van der Waals surface area contributed by atoms with Crippen LogP contribution in [0.2, 0.25) is 0 Å². The van der Waals surface area contributed by atoms with Crippen molar-refractivity contribution in [2.75, 3.05) is 6.61 Å². The van der Waals surface area contributed by atoms with Crippen LogP contribution in [-0.2, 0) is 14.3 Å². The van der Waals surface area contributed by atoms with Gasteiger partial charge in [-0.3, -0.25) is 4.79 Å². The normalized spacial score (nSPS) is 50.4. The maximum absolute atomic E-state index is 10.6. The molecule has 3 heteroatoms. The van der Waals surface area contributed by atoms with Crippen LogP contribution in [0.3, 0.4) is 0 Å². The zero-order valence-corrected chi connectivity index (χ0v) is 7.73. The molecule has 2 bridgehead atoms. The van der Waals surface area contributed by atoms with Crippen LogP contribution in [0.25, 0.3) is 0 Å². The number of ether oxygens (including phenoxy) is 2. The summed E-state index contributed by atoms with van der Waals surface area (Å²) in [5, 5.41) is 0. The summed E-state index contributed by atoms with van der Waals surface area (Å²) < 4.78 is 10.6. The first-order valence-corrected chi connectivity index (χ1v) is 5.04. The zero-order chi connectivity index (χ0) is 9.00. The topological polar surface area (TPSA) is 38.8 Å². The lowest BCUT2D eigenvalue weighted by Crippen LogP contribution is -2.23. The van der Waals surface area contributed by atoms with Gasteiger partial charge in [0.05, 0.1) is 18.8 Å². The van der Waals surface area contributed by atoms with Crippen molar-refractivity contribution in [3.63, 3.8) is 0 Å². The molecule has 5 unspecified atom stereocenters. The summed E-state index contributed by atoms with van der Waals surface area (Å²) in [6.07, 6.45) is 3.62. The molecular formula is C10H14O3. The highest BCUT2D eigenvalue weighted by atomic mass is 16.6. The summed E-state index contributed by atoms with van der Waals surface area (Å²) in [5.74, 6) is 1.89. The molecular weight excluding hydrogens is 168 g/mol. The van der Waals surface area contributed by atoms with E-state index in [4.69, 9.17) is 9.47 Å². The highest BCUT2D eigenvalue weighted by Crippen LogP contribution is 2.58. The Hall–Kier alpha value is -0.570. The minimum absolute atomic E-state index is 0.156. The Labute approximate surface area is 77.4 Å². The van der Waals surface area contributed by atoms with Gasteiger partial charge in [0.25, 0.3) is 0 Å². The Kier molecular flexibility index (Phi) is 1.48. The Bertz CT molecular complexity index is 251. The number of carbonyl (C=O) groups is 1. The third-order valence-corrected chi connectivity index (χ3v) is 3.73. The van der Waals surface area contributed by atoms with Crippen LogP contribution >= 0.6 is 0 Å². The first-order chi connectivity index (χ1) is 6.25.